The van der Waals surface area contributed by atoms with E-state index in [-0.39, 0.29) is 11.3 Å². The van der Waals surface area contributed by atoms with E-state index >= 15 is 0 Å². The molecule has 38 heavy (non-hydrogen) atoms. The fourth-order valence-corrected chi connectivity index (χ4v) is 5.52. The topological polar surface area (TPSA) is 65.8 Å². The molecule has 3 aromatic carbocycles. The third kappa shape index (κ3) is 6.00. The Morgan fingerprint density at radius 1 is 0.947 bits per heavy atom. The molecule has 3 aromatic rings. The molecule has 6 heteroatoms. The van der Waals surface area contributed by atoms with Gasteiger partial charge in [0.1, 0.15) is 11.5 Å². The van der Waals surface area contributed by atoms with Gasteiger partial charge in [0.2, 0.25) is 0 Å². The number of rotatable bonds is 10. The van der Waals surface area contributed by atoms with Crippen molar-refractivity contribution in [3.63, 3.8) is 0 Å². The Bertz CT molecular complexity index is 1180. The van der Waals surface area contributed by atoms with Crippen molar-refractivity contribution in [1.82, 2.24) is 9.80 Å². The summed E-state index contributed by atoms with van der Waals surface area (Å²) in [5, 5.41) is 8.88. The number of benzene rings is 3. The second-order valence-electron chi connectivity index (χ2n) is 9.84. The predicted molar refractivity (Wildman–Crippen MR) is 150 cm³/mol. The van der Waals surface area contributed by atoms with Crippen LogP contribution in [0.25, 0.3) is 0 Å². The van der Waals surface area contributed by atoms with Gasteiger partial charge in [0, 0.05) is 37.2 Å². The molecular weight excluding hydrogens is 474 g/mol. The molecule has 1 amide bonds. The van der Waals surface area contributed by atoms with Crippen molar-refractivity contribution in [2.24, 2.45) is 0 Å². The van der Waals surface area contributed by atoms with Gasteiger partial charge in [-0.3, -0.25) is 9.69 Å². The first-order chi connectivity index (χ1) is 18.5. The number of hydrogen-bond donors (Lipinski definition) is 0. The molecule has 0 saturated carbocycles. The minimum Gasteiger partial charge on any atom is -0.497 e. The Hall–Kier alpha value is -3.82. The van der Waals surface area contributed by atoms with Crippen LogP contribution in [0.3, 0.4) is 0 Å². The number of piperidine rings is 1. The van der Waals surface area contributed by atoms with Crippen LogP contribution >= 0.6 is 0 Å². The number of hydrogen-bond acceptors (Lipinski definition) is 5. The Morgan fingerprint density at radius 2 is 1.53 bits per heavy atom. The highest BCUT2D eigenvalue weighted by Crippen LogP contribution is 2.41. The van der Waals surface area contributed by atoms with Crippen LogP contribution in [0, 0.1) is 11.3 Å². The molecule has 0 bridgehead atoms. The van der Waals surface area contributed by atoms with Crippen LogP contribution in [0.1, 0.15) is 53.2 Å². The maximum atomic E-state index is 12.9. The highest BCUT2D eigenvalue weighted by atomic mass is 16.5. The molecule has 1 fully saturated rings. The number of nitrogens with zero attached hydrogens (tertiary/aromatic N) is 3. The van der Waals surface area contributed by atoms with Gasteiger partial charge < -0.3 is 14.4 Å². The van der Waals surface area contributed by atoms with E-state index in [0.29, 0.717) is 25.1 Å². The van der Waals surface area contributed by atoms with Crippen LogP contribution in [0.2, 0.25) is 0 Å². The second-order valence-corrected chi connectivity index (χ2v) is 9.84. The summed E-state index contributed by atoms with van der Waals surface area (Å²) in [5.41, 5.74) is 4.27. The van der Waals surface area contributed by atoms with E-state index in [4.69, 9.17) is 14.7 Å². The van der Waals surface area contributed by atoms with Gasteiger partial charge in [-0.05, 0) is 79.4 Å². The van der Waals surface area contributed by atoms with Crippen LogP contribution in [0.4, 0.5) is 0 Å². The van der Waals surface area contributed by atoms with Gasteiger partial charge in [0.05, 0.1) is 26.7 Å². The molecule has 1 heterocycles. The molecule has 6 nitrogen and oxygen atoms in total. The van der Waals surface area contributed by atoms with E-state index < -0.39 is 0 Å². The maximum absolute atomic E-state index is 12.9. The third-order valence-corrected chi connectivity index (χ3v) is 7.63. The Morgan fingerprint density at radius 3 is 2.03 bits per heavy atom. The number of carbonyl (C=O) groups is 1. The first kappa shape index (κ1) is 27.2. The molecule has 0 atom stereocenters. The number of amides is 1. The first-order valence-electron chi connectivity index (χ1n) is 13.3. The summed E-state index contributed by atoms with van der Waals surface area (Å²) in [5.74, 6) is 1.69. The van der Waals surface area contributed by atoms with E-state index in [1.165, 1.54) is 16.7 Å². The fraction of sp³-hybridized carbons (Fsp3) is 0.375. The zero-order valence-corrected chi connectivity index (χ0v) is 22.7. The van der Waals surface area contributed by atoms with Crippen molar-refractivity contribution in [3.05, 3.63) is 95.1 Å². The van der Waals surface area contributed by atoms with Gasteiger partial charge in [-0.15, -0.1) is 0 Å². The Kier molecular flexibility index (Phi) is 9.04. The molecule has 1 saturated heterocycles. The number of likely N-dealkylation sites (tertiary alicyclic amines) is 1. The summed E-state index contributed by atoms with van der Waals surface area (Å²) >= 11 is 0. The lowest BCUT2D eigenvalue weighted by Gasteiger charge is -2.44. The Labute approximate surface area is 226 Å². The quantitative estimate of drug-likeness (QED) is 0.351. The summed E-state index contributed by atoms with van der Waals surface area (Å²) in [6.45, 7) is 5.72. The SMILES string of the molecule is CCN(CCC#N)C(=O)c1ccc(CN2CCCC(c3ccc(OC)cc3)(c3ccc(OC)cc3)C2)cc1. The highest BCUT2D eigenvalue weighted by molar-refractivity contribution is 5.94. The van der Waals surface area contributed by atoms with E-state index in [0.717, 1.165) is 44.0 Å². The van der Waals surface area contributed by atoms with Crippen LogP contribution in [-0.4, -0.2) is 56.1 Å². The minimum atomic E-state index is -0.144. The van der Waals surface area contributed by atoms with E-state index in [9.17, 15) is 4.79 Å². The van der Waals surface area contributed by atoms with E-state index in [1.807, 2.05) is 43.3 Å². The lowest BCUT2D eigenvalue weighted by molar-refractivity contribution is 0.0767. The average molecular weight is 512 g/mol. The minimum absolute atomic E-state index is 0.0229. The van der Waals surface area contributed by atoms with Gasteiger partial charge in [-0.1, -0.05) is 36.4 Å². The lowest BCUT2D eigenvalue weighted by Crippen LogP contribution is -2.46. The van der Waals surface area contributed by atoms with Crippen LogP contribution < -0.4 is 9.47 Å². The van der Waals surface area contributed by atoms with Crippen molar-refractivity contribution >= 4 is 5.91 Å². The number of ether oxygens (including phenoxy) is 2. The van der Waals surface area contributed by atoms with E-state index in [1.54, 1.807) is 19.1 Å². The largest absolute Gasteiger partial charge is 0.497 e. The van der Waals surface area contributed by atoms with Gasteiger partial charge in [0.25, 0.3) is 5.91 Å². The molecular formula is C32H37N3O3. The third-order valence-electron chi connectivity index (χ3n) is 7.63. The number of carbonyl (C=O) groups excluding carboxylic acids is 1. The predicted octanol–water partition coefficient (Wildman–Crippen LogP) is 5.66. The second kappa shape index (κ2) is 12.6. The molecule has 0 aliphatic carbocycles. The molecule has 0 aromatic heterocycles. The van der Waals surface area contributed by atoms with Crippen molar-refractivity contribution < 1.29 is 14.3 Å². The van der Waals surface area contributed by atoms with Crippen molar-refractivity contribution in [2.45, 2.75) is 38.1 Å². The molecule has 4 rings (SSSR count). The highest BCUT2D eigenvalue weighted by Gasteiger charge is 2.38. The first-order valence-corrected chi connectivity index (χ1v) is 13.3. The van der Waals surface area contributed by atoms with Crippen molar-refractivity contribution in [2.75, 3.05) is 40.4 Å². The lowest BCUT2D eigenvalue weighted by atomic mass is 9.69. The standard InChI is InChI=1S/C32H37N3O3/c1-4-35(22-6-20-33)31(36)26-9-7-25(8-10-26)23-34-21-5-19-32(24-34,27-11-15-29(37-2)16-12-27)28-13-17-30(38-3)18-14-28/h7-18H,4-6,19,21-24H2,1-3H3. The summed E-state index contributed by atoms with van der Waals surface area (Å²) in [7, 11) is 3.39. The molecule has 1 aliphatic rings. The molecule has 0 spiro atoms. The summed E-state index contributed by atoms with van der Waals surface area (Å²) < 4.78 is 10.8. The molecule has 0 unspecified atom stereocenters. The van der Waals surface area contributed by atoms with Gasteiger partial charge in [-0.25, -0.2) is 0 Å². The average Bonchev–Trinajstić information content (AvgIpc) is 2.98. The summed E-state index contributed by atoms with van der Waals surface area (Å²) in [6, 6.07) is 27.0. The molecule has 0 N–H and O–H groups in total. The van der Waals surface area contributed by atoms with Crippen molar-refractivity contribution in [1.29, 1.82) is 5.26 Å². The van der Waals surface area contributed by atoms with E-state index in [2.05, 4.69) is 47.4 Å². The number of nitriles is 1. The summed E-state index contributed by atoms with van der Waals surface area (Å²) in [6.07, 6.45) is 2.49. The zero-order valence-electron chi connectivity index (χ0n) is 22.7. The zero-order chi connectivity index (χ0) is 27.0. The monoisotopic (exact) mass is 511 g/mol. The van der Waals surface area contributed by atoms with Crippen LogP contribution in [0.5, 0.6) is 11.5 Å². The maximum Gasteiger partial charge on any atom is 0.253 e. The number of methoxy groups -OCH3 is 2. The Balaban J connectivity index is 1.56. The van der Waals surface area contributed by atoms with Crippen LogP contribution in [0.15, 0.2) is 72.8 Å². The van der Waals surface area contributed by atoms with Gasteiger partial charge in [0.15, 0.2) is 0 Å². The smallest absolute Gasteiger partial charge is 0.253 e. The van der Waals surface area contributed by atoms with Crippen molar-refractivity contribution in [3.8, 4) is 17.6 Å². The normalized spacial score (nSPS) is 14.9. The summed E-state index contributed by atoms with van der Waals surface area (Å²) in [4.78, 5) is 17.1. The molecule has 1 aliphatic heterocycles. The van der Waals surface area contributed by atoms with Crippen LogP contribution in [-0.2, 0) is 12.0 Å². The van der Waals surface area contributed by atoms with Gasteiger partial charge >= 0.3 is 0 Å². The molecule has 0 radical (unpaired) electrons. The van der Waals surface area contributed by atoms with Gasteiger partial charge in [-0.2, -0.15) is 5.26 Å². The molecule has 198 valence electrons. The fourth-order valence-electron chi connectivity index (χ4n) is 5.52.